The van der Waals surface area contributed by atoms with Crippen LogP contribution in [0.3, 0.4) is 0 Å². The standard InChI is InChI=1S/C16H13F3N2OS.C15H16BF3O3.C7H9BrN2S.C4H9N.C3HBr2NS/c17-16(18,19)11-4-3-10-7-14(22-13(10)8-11)12-9-23-15(20-12)21-5-1-2-6-21;1-13(2)14(3,4)22-16(21-13)12-7-9-5-6-10(15(17,18)19)8-11(9)20-12;8-6-5-11-7(9-6)10-3-1-2-4-10;1-2-4-5-3-1;4-2-1-7-3(5)6-2/h3-4,7-9H,1-2,5-6H2;5-8H,1-4H3;5H,1-4H2;5H,1-4H2;1H. The lowest BCUT2D eigenvalue weighted by Crippen LogP contribution is -2.41. The lowest BCUT2D eigenvalue weighted by atomic mass is 9.86. The second-order valence-corrected chi connectivity index (χ2v) is 22.5. The molecule has 4 aliphatic heterocycles. The Morgan fingerprint density at radius 2 is 1.09 bits per heavy atom. The Bertz CT molecular complexity index is 2690. The Kier molecular flexibility index (Phi) is 17.5. The monoisotopic (exact) mass is 1190 g/mol. The van der Waals surface area contributed by atoms with Gasteiger partial charge in [0.2, 0.25) is 0 Å². The Morgan fingerprint density at radius 3 is 1.53 bits per heavy atom. The van der Waals surface area contributed by atoms with Gasteiger partial charge in [-0.1, -0.05) is 12.1 Å². The van der Waals surface area contributed by atoms with Crippen LogP contribution in [0, 0.1) is 0 Å². The summed E-state index contributed by atoms with van der Waals surface area (Å²) in [7, 11) is -0.730. The largest absolute Gasteiger partial charge is 0.532 e. The molecule has 5 aromatic heterocycles. The van der Waals surface area contributed by atoms with E-state index in [-0.39, 0.29) is 11.2 Å². The molecule has 0 bridgehead atoms. The first-order valence-corrected chi connectivity index (χ1v) is 26.8. The van der Waals surface area contributed by atoms with E-state index in [1.54, 1.807) is 34.8 Å². The molecular weight excluding hydrogens is 1150 g/mol. The number of benzene rings is 2. The highest BCUT2D eigenvalue weighted by Crippen LogP contribution is 2.39. The van der Waals surface area contributed by atoms with Crippen molar-refractivity contribution >= 4 is 127 Å². The van der Waals surface area contributed by atoms with Gasteiger partial charge in [0.25, 0.3) is 0 Å². The van der Waals surface area contributed by atoms with Gasteiger partial charge in [-0.3, -0.25) is 0 Å². The van der Waals surface area contributed by atoms with Crippen LogP contribution < -0.4 is 20.8 Å². The Morgan fingerprint density at radius 1 is 0.603 bits per heavy atom. The summed E-state index contributed by atoms with van der Waals surface area (Å²) in [5.41, 5.74) is -1.09. The maximum atomic E-state index is 12.8. The van der Waals surface area contributed by atoms with Crippen molar-refractivity contribution in [1.29, 1.82) is 0 Å². The van der Waals surface area contributed by atoms with E-state index in [4.69, 9.17) is 18.1 Å². The lowest BCUT2D eigenvalue weighted by Gasteiger charge is -2.32. The van der Waals surface area contributed by atoms with E-state index in [2.05, 4.69) is 77.9 Å². The third-order valence-corrected chi connectivity index (χ3v) is 16.2. The summed E-state index contributed by atoms with van der Waals surface area (Å²) in [6.45, 7) is 14.5. The number of hydrogen-bond acceptors (Lipinski definition) is 13. The minimum atomic E-state index is -4.40. The minimum Gasteiger partial charge on any atom is -0.465 e. The van der Waals surface area contributed by atoms with E-state index in [0.29, 0.717) is 27.9 Å². The third kappa shape index (κ3) is 13.9. The number of anilines is 2. The molecule has 4 saturated heterocycles. The molecule has 11 rings (SSSR count). The number of fused-ring (bicyclic) bond motifs is 2. The van der Waals surface area contributed by atoms with Gasteiger partial charge in [0, 0.05) is 53.1 Å². The van der Waals surface area contributed by atoms with Crippen LogP contribution >= 0.6 is 81.8 Å². The second kappa shape index (κ2) is 22.6. The maximum Gasteiger partial charge on any atom is 0.532 e. The SMILES string of the molecule is Brc1csc(Br)n1.Brc1csc(N2CCCC2)n1.C1CCNC1.CC1(C)OB(c2cc3ccc(C(F)(F)F)cc3o2)OC1(C)C.FC(F)(F)c1ccc2cc(-c3csc(N4CCCC4)n3)oc2c1. The van der Waals surface area contributed by atoms with Crippen molar-refractivity contribution < 1.29 is 44.5 Å². The van der Waals surface area contributed by atoms with Crippen LogP contribution in [-0.2, 0) is 21.7 Å². The van der Waals surface area contributed by atoms with E-state index in [0.717, 1.165) is 60.7 Å². The van der Waals surface area contributed by atoms with Crippen molar-refractivity contribution in [3.63, 3.8) is 0 Å². The fourth-order valence-corrected chi connectivity index (χ4v) is 11.1. The molecule has 0 unspecified atom stereocenters. The van der Waals surface area contributed by atoms with Crippen molar-refractivity contribution in [2.24, 2.45) is 0 Å². The van der Waals surface area contributed by atoms with Crippen LogP contribution in [0.4, 0.5) is 36.6 Å². The first-order chi connectivity index (χ1) is 32.1. The molecule has 7 aromatic rings. The molecule has 0 aliphatic carbocycles. The van der Waals surface area contributed by atoms with Gasteiger partial charge < -0.3 is 33.3 Å². The quantitative estimate of drug-likeness (QED) is 0.135. The first kappa shape index (κ1) is 52.8. The van der Waals surface area contributed by atoms with Crippen LogP contribution in [0.25, 0.3) is 33.4 Å². The highest BCUT2D eigenvalue weighted by molar-refractivity contribution is 9.11. The van der Waals surface area contributed by atoms with E-state index in [1.165, 1.54) is 88.2 Å². The molecule has 366 valence electrons. The lowest BCUT2D eigenvalue weighted by molar-refractivity contribution is -0.138. The average molecular weight is 1200 g/mol. The van der Waals surface area contributed by atoms with E-state index in [1.807, 2.05) is 43.8 Å². The number of nitrogens with one attached hydrogen (secondary N) is 1. The molecule has 4 aliphatic rings. The summed E-state index contributed by atoms with van der Waals surface area (Å²) in [4.78, 5) is 17.4. The first-order valence-electron chi connectivity index (χ1n) is 21.8. The van der Waals surface area contributed by atoms with Crippen LogP contribution in [-0.4, -0.2) is 72.5 Å². The summed E-state index contributed by atoms with van der Waals surface area (Å²) in [6.07, 6.45) is -1.02. The molecule has 0 atom stereocenters. The van der Waals surface area contributed by atoms with Gasteiger partial charge in [-0.25, -0.2) is 15.0 Å². The fourth-order valence-electron chi connectivity index (χ4n) is 7.23. The van der Waals surface area contributed by atoms with Crippen LogP contribution in [0.1, 0.15) is 77.3 Å². The van der Waals surface area contributed by atoms with Gasteiger partial charge in [-0.05, 0) is 163 Å². The van der Waals surface area contributed by atoms with Crippen molar-refractivity contribution in [3.05, 3.63) is 88.9 Å². The van der Waals surface area contributed by atoms with E-state index >= 15 is 0 Å². The Hall–Kier alpha value is -3.03. The van der Waals surface area contributed by atoms with Gasteiger partial charge in [0.15, 0.2) is 19.9 Å². The average Bonchev–Trinajstić information content (AvgIpc) is 4.13. The van der Waals surface area contributed by atoms with Crippen molar-refractivity contribution in [3.8, 4) is 11.5 Å². The topological polar surface area (TPSA) is 102 Å². The zero-order valence-electron chi connectivity index (χ0n) is 37.4. The number of halogens is 9. The highest BCUT2D eigenvalue weighted by Gasteiger charge is 2.53. The van der Waals surface area contributed by atoms with Gasteiger partial charge >= 0.3 is 19.5 Å². The van der Waals surface area contributed by atoms with Gasteiger partial charge in [-0.15, -0.1) is 34.0 Å². The van der Waals surface area contributed by atoms with Gasteiger partial charge in [0.05, 0.1) is 22.3 Å². The molecular formula is C45H48BBr3F6N6O4S3. The second-order valence-electron chi connectivity index (χ2n) is 17.1. The molecule has 0 spiro atoms. The fraction of sp³-hybridized carbons (Fsp3) is 0.444. The molecule has 0 amide bonds. The smallest absolute Gasteiger partial charge is 0.465 e. The number of rotatable bonds is 4. The van der Waals surface area contributed by atoms with Gasteiger partial charge in [-0.2, -0.15) is 26.3 Å². The summed E-state index contributed by atoms with van der Waals surface area (Å²) in [5.74, 6) is 0.501. The molecule has 1 N–H and O–H groups in total. The molecule has 23 heteroatoms. The number of thiazole rings is 3. The third-order valence-electron chi connectivity index (χ3n) is 11.6. The van der Waals surface area contributed by atoms with Gasteiger partial charge in [0.1, 0.15) is 31.7 Å². The zero-order chi connectivity index (χ0) is 48.9. The number of aromatic nitrogens is 3. The van der Waals surface area contributed by atoms with Crippen molar-refractivity contribution in [2.75, 3.05) is 49.1 Å². The highest BCUT2D eigenvalue weighted by atomic mass is 79.9. The molecule has 4 fully saturated rings. The molecule has 68 heavy (non-hydrogen) atoms. The Balaban J connectivity index is 0.000000139. The summed E-state index contributed by atoms with van der Waals surface area (Å²) >= 11 is 14.6. The number of nitrogens with zero attached hydrogens (tertiary/aromatic N) is 5. The van der Waals surface area contributed by atoms with E-state index < -0.39 is 41.8 Å². The molecule has 9 heterocycles. The summed E-state index contributed by atoms with van der Waals surface area (Å²) in [5, 5.41) is 12.4. The number of alkyl halides is 6. The predicted octanol–water partition coefficient (Wildman–Crippen LogP) is 14.5. The summed E-state index contributed by atoms with van der Waals surface area (Å²) < 4.78 is 102. The summed E-state index contributed by atoms with van der Waals surface area (Å²) in [6, 6.07) is 10.3. The van der Waals surface area contributed by atoms with Crippen molar-refractivity contribution in [2.45, 2.75) is 89.8 Å². The number of furan rings is 2. The van der Waals surface area contributed by atoms with Crippen LogP contribution in [0.15, 0.2) is 86.6 Å². The number of hydrogen-bond donors (Lipinski definition) is 1. The molecule has 0 saturated carbocycles. The predicted molar refractivity (Wildman–Crippen MR) is 272 cm³/mol. The van der Waals surface area contributed by atoms with Crippen LogP contribution in [0.5, 0.6) is 0 Å². The van der Waals surface area contributed by atoms with Crippen molar-refractivity contribution in [1.82, 2.24) is 20.3 Å². The van der Waals surface area contributed by atoms with E-state index in [9.17, 15) is 26.3 Å². The van der Waals surface area contributed by atoms with Crippen LogP contribution in [0.2, 0.25) is 0 Å². The molecule has 0 radical (unpaired) electrons. The normalized spacial score (nSPS) is 17.6. The maximum absolute atomic E-state index is 12.8. The zero-order valence-corrected chi connectivity index (χ0v) is 44.6. The Labute approximate surface area is 427 Å². The molecule has 2 aromatic carbocycles. The molecule has 10 nitrogen and oxygen atoms in total. The minimum absolute atomic E-state index is 0.166.